The minimum absolute atomic E-state index is 0.384. The maximum absolute atomic E-state index is 13.0. The molecule has 2 amide bonds. The van der Waals surface area contributed by atoms with E-state index in [2.05, 4.69) is 26.8 Å². The lowest BCUT2D eigenvalue weighted by Crippen LogP contribution is -2.40. The third-order valence-electron chi connectivity index (χ3n) is 2.69. The standard InChI is InChI=1S/C16H12BrFN2O2/c17-14-7-2-1-6-13(14)16(22)20-19-15(21)9-8-11-4-3-5-12(18)10-11/h1-10H,(H,19,21)(H,20,22)/b9-8+. The van der Waals surface area contributed by atoms with Crippen molar-refractivity contribution in [3.8, 4) is 0 Å². The molecule has 6 heteroatoms. The summed E-state index contributed by atoms with van der Waals surface area (Å²) in [6.07, 6.45) is 2.65. The van der Waals surface area contributed by atoms with Gasteiger partial charge in [-0.3, -0.25) is 20.4 Å². The predicted molar refractivity (Wildman–Crippen MR) is 85.2 cm³/mol. The average molecular weight is 363 g/mol. The topological polar surface area (TPSA) is 58.2 Å². The molecule has 0 aliphatic heterocycles. The van der Waals surface area contributed by atoms with Crippen molar-refractivity contribution in [2.24, 2.45) is 0 Å². The van der Waals surface area contributed by atoms with Crippen LogP contribution in [0.5, 0.6) is 0 Å². The van der Waals surface area contributed by atoms with E-state index >= 15 is 0 Å². The van der Waals surface area contributed by atoms with Crippen LogP contribution in [-0.2, 0) is 4.79 Å². The molecular formula is C16H12BrFN2O2. The zero-order valence-corrected chi connectivity index (χ0v) is 12.9. The van der Waals surface area contributed by atoms with E-state index in [-0.39, 0.29) is 5.82 Å². The van der Waals surface area contributed by atoms with E-state index in [0.717, 1.165) is 0 Å². The summed E-state index contributed by atoms with van der Waals surface area (Å²) in [4.78, 5) is 23.5. The van der Waals surface area contributed by atoms with Gasteiger partial charge in [-0.25, -0.2) is 4.39 Å². The molecule has 0 radical (unpaired) electrons. The monoisotopic (exact) mass is 362 g/mol. The van der Waals surface area contributed by atoms with Gasteiger partial charge in [0.05, 0.1) is 5.56 Å². The number of amides is 2. The average Bonchev–Trinajstić information content (AvgIpc) is 2.51. The summed E-state index contributed by atoms with van der Waals surface area (Å²) < 4.78 is 13.6. The fraction of sp³-hybridized carbons (Fsp3) is 0. The van der Waals surface area contributed by atoms with Crippen LogP contribution < -0.4 is 10.9 Å². The van der Waals surface area contributed by atoms with Crippen LogP contribution in [0.1, 0.15) is 15.9 Å². The van der Waals surface area contributed by atoms with Gasteiger partial charge in [0, 0.05) is 10.5 Å². The fourth-order valence-electron chi connectivity index (χ4n) is 1.65. The third-order valence-corrected chi connectivity index (χ3v) is 3.39. The van der Waals surface area contributed by atoms with Gasteiger partial charge in [0.1, 0.15) is 5.82 Å². The summed E-state index contributed by atoms with van der Waals surface area (Å²) in [7, 11) is 0. The summed E-state index contributed by atoms with van der Waals surface area (Å²) in [5, 5.41) is 0. The number of nitrogens with one attached hydrogen (secondary N) is 2. The highest BCUT2D eigenvalue weighted by atomic mass is 79.9. The van der Waals surface area contributed by atoms with E-state index in [1.165, 1.54) is 24.3 Å². The van der Waals surface area contributed by atoms with Gasteiger partial charge in [0.2, 0.25) is 0 Å². The normalized spacial score (nSPS) is 10.5. The molecule has 2 N–H and O–H groups in total. The van der Waals surface area contributed by atoms with Crippen molar-refractivity contribution >= 4 is 33.8 Å². The molecule has 0 atom stereocenters. The number of hydrazine groups is 1. The lowest BCUT2D eigenvalue weighted by Gasteiger charge is -2.06. The molecule has 0 saturated carbocycles. The summed E-state index contributed by atoms with van der Waals surface area (Å²) in [6, 6.07) is 12.6. The van der Waals surface area contributed by atoms with Gasteiger partial charge in [-0.2, -0.15) is 0 Å². The molecule has 2 rings (SSSR count). The van der Waals surface area contributed by atoms with Crippen molar-refractivity contribution in [1.82, 2.24) is 10.9 Å². The first-order valence-electron chi connectivity index (χ1n) is 6.35. The Bertz CT molecular complexity index is 732. The smallest absolute Gasteiger partial charge is 0.268 e. The highest BCUT2D eigenvalue weighted by Gasteiger charge is 2.08. The second kappa shape index (κ2) is 7.51. The lowest BCUT2D eigenvalue weighted by molar-refractivity contribution is -0.117. The van der Waals surface area contributed by atoms with Gasteiger partial charge in [-0.05, 0) is 51.8 Å². The molecule has 0 unspecified atom stereocenters. The van der Waals surface area contributed by atoms with E-state index < -0.39 is 11.8 Å². The molecular weight excluding hydrogens is 351 g/mol. The second-order valence-corrected chi connectivity index (χ2v) is 5.17. The minimum atomic E-state index is -0.523. The zero-order chi connectivity index (χ0) is 15.9. The van der Waals surface area contributed by atoms with Crippen molar-refractivity contribution in [3.05, 3.63) is 76.0 Å². The predicted octanol–water partition coefficient (Wildman–Crippen LogP) is 3.06. The van der Waals surface area contributed by atoms with Crippen LogP contribution in [0.3, 0.4) is 0 Å². The van der Waals surface area contributed by atoms with Gasteiger partial charge >= 0.3 is 0 Å². The maximum Gasteiger partial charge on any atom is 0.270 e. The molecule has 0 saturated heterocycles. The van der Waals surface area contributed by atoms with E-state index in [4.69, 9.17) is 0 Å². The Labute approximate surface area is 135 Å². The van der Waals surface area contributed by atoms with E-state index in [1.807, 2.05) is 0 Å². The summed E-state index contributed by atoms with van der Waals surface area (Å²) in [5.41, 5.74) is 5.49. The van der Waals surface area contributed by atoms with Crippen LogP contribution in [0, 0.1) is 5.82 Å². The molecule has 0 aliphatic rings. The molecule has 0 aliphatic carbocycles. The molecule has 2 aromatic rings. The Hall–Kier alpha value is -2.47. The van der Waals surface area contributed by atoms with Crippen LogP contribution in [0.25, 0.3) is 6.08 Å². The summed E-state index contributed by atoms with van der Waals surface area (Å²) >= 11 is 3.25. The van der Waals surface area contributed by atoms with E-state index in [1.54, 1.807) is 36.4 Å². The van der Waals surface area contributed by atoms with Gasteiger partial charge in [-0.1, -0.05) is 24.3 Å². The number of rotatable bonds is 3. The Kier molecular flexibility index (Phi) is 5.43. The van der Waals surface area contributed by atoms with Crippen molar-refractivity contribution in [1.29, 1.82) is 0 Å². The molecule has 112 valence electrons. The zero-order valence-electron chi connectivity index (χ0n) is 11.3. The highest BCUT2D eigenvalue weighted by Crippen LogP contribution is 2.15. The fourth-order valence-corrected chi connectivity index (χ4v) is 2.12. The number of carbonyl (C=O) groups is 2. The Morgan fingerprint density at radius 3 is 2.55 bits per heavy atom. The molecule has 0 heterocycles. The van der Waals surface area contributed by atoms with Crippen molar-refractivity contribution in [3.63, 3.8) is 0 Å². The number of carbonyl (C=O) groups excluding carboxylic acids is 2. The van der Waals surface area contributed by atoms with Gasteiger partial charge < -0.3 is 0 Å². The van der Waals surface area contributed by atoms with Crippen molar-refractivity contribution in [2.45, 2.75) is 0 Å². The third kappa shape index (κ3) is 4.53. The SMILES string of the molecule is O=C(/C=C/c1cccc(F)c1)NNC(=O)c1ccccc1Br. The number of hydrogen-bond donors (Lipinski definition) is 2. The number of benzene rings is 2. The Morgan fingerprint density at radius 2 is 1.82 bits per heavy atom. The maximum atomic E-state index is 13.0. The van der Waals surface area contributed by atoms with Gasteiger partial charge in [-0.15, -0.1) is 0 Å². The molecule has 0 aromatic heterocycles. The summed E-state index contributed by atoms with van der Waals surface area (Å²) in [5.74, 6) is -1.35. The Balaban J connectivity index is 1.90. The first-order valence-corrected chi connectivity index (χ1v) is 7.14. The lowest BCUT2D eigenvalue weighted by atomic mass is 10.2. The first-order chi connectivity index (χ1) is 10.6. The van der Waals surface area contributed by atoms with E-state index in [9.17, 15) is 14.0 Å². The van der Waals surface area contributed by atoms with Crippen LogP contribution in [-0.4, -0.2) is 11.8 Å². The molecule has 22 heavy (non-hydrogen) atoms. The molecule has 2 aromatic carbocycles. The van der Waals surface area contributed by atoms with Gasteiger partial charge in [0.15, 0.2) is 0 Å². The highest BCUT2D eigenvalue weighted by molar-refractivity contribution is 9.10. The Morgan fingerprint density at radius 1 is 1.05 bits per heavy atom. The first kappa shape index (κ1) is 15.9. The van der Waals surface area contributed by atoms with Crippen molar-refractivity contribution < 1.29 is 14.0 Å². The van der Waals surface area contributed by atoms with Crippen LogP contribution >= 0.6 is 15.9 Å². The largest absolute Gasteiger partial charge is 0.270 e. The molecule has 0 bridgehead atoms. The second-order valence-electron chi connectivity index (χ2n) is 4.31. The number of hydrogen-bond acceptors (Lipinski definition) is 2. The minimum Gasteiger partial charge on any atom is -0.268 e. The molecule has 4 nitrogen and oxygen atoms in total. The number of halogens is 2. The van der Waals surface area contributed by atoms with Crippen LogP contribution in [0.2, 0.25) is 0 Å². The van der Waals surface area contributed by atoms with Crippen LogP contribution in [0.4, 0.5) is 4.39 Å². The van der Waals surface area contributed by atoms with E-state index in [0.29, 0.717) is 15.6 Å². The quantitative estimate of drug-likeness (QED) is 0.651. The molecule has 0 fully saturated rings. The van der Waals surface area contributed by atoms with Crippen LogP contribution in [0.15, 0.2) is 59.1 Å². The van der Waals surface area contributed by atoms with Crippen molar-refractivity contribution in [2.75, 3.05) is 0 Å². The van der Waals surface area contributed by atoms with Gasteiger partial charge in [0.25, 0.3) is 11.8 Å². The summed E-state index contributed by atoms with van der Waals surface area (Å²) in [6.45, 7) is 0. The molecule has 0 spiro atoms.